The Bertz CT molecular complexity index is 1030. The second-order valence-electron chi connectivity index (χ2n) is 6.65. The Morgan fingerprint density at radius 3 is 2.48 bits per heavy atom. The van der Waals surface area contributed by atoms with Gasteiger partial charge in [-0.3, -0.25) is 4.79 Å². The molecule has 1 saturated heterocycles. The van der Waals surface area contributed by atoms with Crippen LogP contribution < -0.4 is 0 Å². The number of carbonyl (C=O) groups is 1. The summed E-state index contributed by atoms with van der Waals surface area (Å²) in [6.45, 7) is 1.52. The molecule has 1 N–H and O–H groups in total. The van der Waals surface area contributed by atoms with Crippen LogP contribution in [0.5, 0.6) is 0 Å². The molecule has 0 atom stereocenters. The van der Waals surface area contributed by atoms with Crippen molar-refractivity contribution in [2.24, 2.45) is 0 Å². The normalized spacial score (nSPS) is 15.7. The average molecular weight is 401 g/mol. The van der Waals surface area contributed by atoms with Crippen molar-refractivity contribution in [1.82, 2.24) is 14.9 Å². The summed E-state index contributed by atoms with van der Waals surface area (Å²) in [5, 5.41) is 0. The van der Waals surface area contributed by atoms with E-state index >= 15 is 0 Å². The van der Waals surface area contributed by atoms with Gasteiger partial charge in [0.25, 0.3) is 5.91 Å². The first-order valence-corrected chi connectivity index (χ1v) is 9.13. The topological polar surface area (TPSA) is 58.2 Å². The third-order valence-corrected chi connectivity index (χ3v) is 4.74. The van der Waals surface area contributed by atoms with E-state index in [-0.39, 0.29) is 22.9 Å². The molecule has 29 heavy (non-hydrogen) atoms. The highest BCUT2D eigenvalue weighted by Crippen LogP contribution is 2.34. The number of para-hydroxylation sites is 2. The van der Waals surface area contributed by atoms with E-state index in [2.05, 4.69) is 9.97 Å². The molecule has 0 bridgehead atoms. The number of hydrogen-bond acceptors (Lipinski definition) is 3. The van der Waals surface area contributed by atoms with Crippen LogP contribution in [0.1, 0.15) is 17.0 Å². The van der Waals surface area contributed by atoms with Gasteiger partial charge in [-0.1, -0.05) is 30.3 Å². The number of benzene rings is 2. The summed E-state index contributed by atoms with van der Waals surface area (Å²) in [6.07, 6.45) is -3.27. The van der Waals surface area contributed by atoms with Gasteiger partial charge in [0.05, 0.1) is 35.4 Å². The van der Waals surface area contributed by atoms with E-state index in [1.54, 1.807) is 23.1 Å². The third-order valence-electron chi connectivity index (χ3n) is 4.74. The van der Waals surface area contributed by atoms with Crippen molar-refractivity contribution in [3.63, 3.8) is 0 Å². The Balaban J connectivity index is 1.84. The predicted molar refractivity (Wildman–Crippen MR) is 103 cm³/mol. The zero-order chi connectivity index (χ0) is 20.4. The van der Waals surface area contributed by atoms with Crippen LogP contribution in [0.15, 0.2) is 48.5 Å². The van der Waals surface area contributed by atoms with Gasteiger partial charge in [-0.25, -0.2) is 4.98 Å². The van der Waals surface area contributed by atoms with Crippen LogP contribution in [-0.2, 0) is 15.7 Å². The number of nitrogens with one attached hydrogen (secondary N) is 1. The molecule has 3 aromatic rings. The number of imidazole rings is 1. The predicted octanol–water partition coefficient (Wildman–Crippen LogP) is 3.98. The lowest BCUT2D eigenvalue weighted by Crippen LogP contribution is -2.41. The molecule has 1 aliphatic rings. The highest BCUT2D eigenvalue weighted by Gasteiger charge is 2.33. The molecule has 1 fully saturated rings. The van der Waals surface area contributed by atoms with Crippen LogP contribution in [0.4, 0.5) is 13.2 Å². The van der Waals surface area contributed by atoms with Crippen LogP contribution in [0.2, 0.25) is 0 Å². The molecule has 0 saturated carbocycles. The monoisotopic (exact) mass is 401 g/mol. The molecule has 0 unspecified atom stereocenters. The van der Waals surface area contributed by atoms with Gasteiger partial charge in [-0.15, -0.1) is 0 Å². The molecular formula is C21H18F3N3O2. The maximum Gasteiger partial charge on any atom is 0.416 e. The maximum absolute atomic E-state index is 13.5. The Labute approximate surface area is 164 Å². The number of halogens is 3. The van der Waals surface area contributed by atoms with Crippen LogP contribution >= 0.6 is 0 Å². The molecule has 0 radical (unpaired) electrons. The SMILES string of the molecule is O=C(C(=Cc1ccccc1C(F)(F)F)c1nc2ccccc2[nH]1)N1CCOCC1. The zero-order valence-corrected chi connectivity index (χ0v) is 15.4. The van der Waals surface area contributed by atoms with E-state index in [1.165, 1.54) is 24.3 Å². The number of morpholine rings is 1. The van der Waals surface area contributed by atoms with Gasteiger partial charge >= 0.3 is 6.18 Å². The highest BCUT2D eigenvalue weighted by molar-refractivity contribution is 6.23. The highest BCUT2D eigenvalue weighted by atomic mass is 19.4. The second-order valence-corrected chi connectivity index (χ2v) is 6.65. The quantitative estimate of drug-likeness (QED) is 0.676. The first kappa shape index (κ1) is 19.2. The number of fused-ring (bicyclic) bond motifs is 1. The molecule has 4 rings (SSSR count). The lowest BCUT2D eigenvalue weighted by molar-refractivity contribution is -0.137. The summed E-state index contributed by atoms with van der Waals surface area (Å²) in [4.78, 5) is 22.3. The molecule has 2 aromatic carbocycles. The molecule has 5 nitrogen and oxygen atoms in total. The minimum Gasteiger partial charge on any atom is -0.378 e. The van der Waals surface area contributed by atoms with Crippen molar-refractivity contribution >= 4 is 28.6 Å². The fraction of sp³-hybridized carbons (Fsp3) is 0.238. The van der Waals surface area contributed by atoms with E-state index in [4.69, 9.17) is 4.74 Å². The van der Waals surface area contributed by atoms with Gasteiger partial charge in [0.15, 0.2) is 0 Å². The van der Waals surface area contributed by atoms with Crippen molar-refractivity contribution in [2.75, 3.05) is 26.3 Å². The Morgan fingerprint density at radius 2 is 1.76 bits per heavy atom. The van der Waals surface area contributed by atoms with Gasteiger partial charge in [-0.2, -0.15) is 13.2 Å². The van der Waals surface area contributed by atoms with Crippen molar-refractivity contribution in [1.29, 1.82) is 0 Å². The summed E-state index contributed by atoms with van der Waals surface area (Å²) < 4.78 is 45.7. The van der Waals surface area contributed by atoms with Gasteiger partial charge < -0.3 is 14.6 Å². The largest absolute Gasteiger partial charge is 0.416 e. The van der Waals surface area contributed by atoms with Gasteiger partial charge in [-0.05, 0) is 29.8 Å². The number of nitrogens with zero attached hydrogens (tertiary/aromatic N) is 2. The Hall–Kier alpha value is -3.13. The fourth-order valence-corrected chi connectivity index (χ4v) is 3.29. The number of alkyl halides is 3. The summed E-state index contributed by atoms with van der Waals surface area (Å²) in [5.41, 5.74) is 0.528. The minimum absolute atomic E-state index is 0.0831. The van der Waals surface area contributed by atoms with Gasteiger partial charge in [0, 0.05) is 13.1 Å². The molecular weight excluding hydrogens is 383 g/mol. The third kappa shape index (κ3) is 4.02. The second kappa shape index (κ2) is 7.71. The number of H-pyrrole nitrogens is 1. The van der Waals surface area contributed by atoms with E-state index in [1.807, 2.05) is 6.07 Å². The summed E-state index contributed by atoms with van der Waals surface area (Å²) in [5.74, 6) is -0.149. The maximum atomic E-state index is 13.5. The molecule has 0 aliphatic carbocycles. The summed E-state index contributed by atoms with van der Waals surface area (Å²) >= 11 is 0. The first-order chi connectivity index (χ1) is 13.9. The number of carbonyl (C=O) groups excluding carboxylic acids is 1. The average Bonchev–Trinajstić information content (AvgIpc) is 3.15. The van der Waals surface area contributed by atoms with E-state index < -0.39 is 11.7 Å². The van der Waals surface area contributed by atoms with Crippen molar-refractivity contribution < 1.29 is 22.7 Å². The van der Waals surface area contributed by atoms with Crippen LogP contribution in [0.25, 0.3) is 22.7 Å². The van der Waals surface area contributed by atoms with Crippen LogP contribution in [0, 0.1) is 0 Å². The Kier molecular flexibility index (Phi) is 5.10. The molecule has 1 aromatic heterocycles. The van der Waals surface area contributed by atoms with E-state index in [9.17, 15) is 18.0 Å². The summed E-state index contributed by atoms with van der Waals surface area (Å²) in [6, 6.07) is 12.4. The number of hydrogen-bond donors (Lipinski definition) is 1. The molecule has 0 spiro atoms. The van der Waals surface area contributed by atoms with Gasteiger partial charge in [0.1, 0.15) is 5.82 Å². The standard InChI is InChI=1S/C21H18F3N3O2/c22-21(23,24)16-6-2-1-5-14(16)13-15(20(28)27-9-11-29-12-10-27)19-25-17-7-3-4-8-18(17)26-19/h1-8,13H,9-12H2,(H,25,26). The van der Waals surface area contributed by atoms with Crippen molar-refractivity contribution in [3.05, 3.63) is 65.5 Å². The number of amides is 1. The number of aromatic nitrogens is 2. The fourth-order valence-electron chi connectivity index (χ4n) is 3.29. The zero-order valence-electron chi connectivity index (χ0n) is 15.4. The number of ether oxygens (including phenoxy) is 1. The molecule has 1 aliphatic heterocycles. The van der Waals surface area contributed by atoms with Crippen molar-refractivity contribution in [3.8, 4) is 0 Å². The van der Waals surface area contributed by atoms with Crippen LogP contribution in [0.3, 0.4) is 0 Å². The lowest BCUT2D eigenvalue weighted by Gasteiger charge is -2.27. The molecule has 2 heterocycles. The Morgan fingerprint density at radius 1 is 1.07 bits per heavy atom. The van der Waals surface area contributed by atoms with Crippen molar-refractivity contribution in [2.45, 2.75) is 6.18 Å². The van der Waals surface area contributed by atoms with Gasteiger partial charge in [0.2, 0.25) is 0 Å². The number of rotatable bonds is 3. The minimum atomic E-state index is -4.53. The van der Waals surface area contributed by atoms with E-state index in [0.717, 1.165) is 6.07 Å². The lowest BCUT2D eigenvalue weighted by atomic mass is 10.0. The smallest absolute Gasteiger partial charge is 0.378 e. The number of aromatic amines is 1. The van der Waals surface area contributed by atoms with Crippen LogP contribution in [-0.4, -0.2) is 47.1 Å². The molecule has 1 amide bonds. The first-order valence-electron chi connectivity index (χ1n) is 9.13. The molecule has 8 heteroatoms. The molecule has 150 valence electrons. The summed E-state index contributed by atoms with van der Waals surface area (Å²) in [7, 11) is 0. The van der Waals surface area contributed by atoms with E-state index in [0.29, 0.717) is 37.3 Å².